The van der Waals surface area contributed by atoms with Crippen LogP contribution in [0.4, 0.5) is 0 Å². The minimum atomic E-state index is 0.124. The number of carbonyl (C=O) groups is 1. The number of carbonyl (C=O) groups excluding carboxylic acids is 1. The molecule has 2 heterocycles. The Bertz CT molecular complexity index is 1240. The summed E-state index contributed by atoms with van der Waals surface area (Å²) in [6.07, 6.45) is 0.926. The standard InChI is InChI=1S/C27H26N2O/c1-19-20(2)29(17-21-8-4-3-5-9-21)26-13-12-23(16-25(19)26)27(30)28-15-14-22-10-6-7-11-24(22)18-28/h3-13,16H,14-15,17-18H2,1-2H3. The van der Waals surface area contributed by atoms with E-state index in [1.54, 1.807) is 0 Å². The SMILES string of the molecule is Cc1c(C)n(Cc2ccccc2)c2ccc(C(=O)N3CCc4ccccc4C3)cc12. The lowest BCUT2D eigenvalue weighted by Gasteiger charge is -2.29. The van der Waals surface area contributed by atoms with Crippen LogP contribution in [0.15, 0.2) is 72.8 Å². The summed E-state index contributed by atoms with van der Waals surface area (Å²) in [4.78, 5) is 15.2. The maximum atomic E-state index is 13.3. The van der Waals surface area contributed by atoms with Crippen LogP contribution in [-0.2, 0) is 19.5 Å². The fraction of sp³-hybridized carbons (Fsp3) is 0.222. The fourth-order valence-corrected chi connectivity index (χ4v) is 4.60. The van der Waals surface area contributed by atoms with Gasteiger partial charge in [0.1, 0.15) is 0 Å². The van der Waals surface area contributed by atoms with Gasteiger partial charge >= 0.3 is 0 Å². The zero-order valence-electron chi connectivity index (χ0n) is 17.6. The topological polar surface area (TPSA) is 25.2 Å². The van der Waals surface area contributed by atoms with E-state index in [1.165, 1.54) is 38.9 Å². The van der Waals surface area contributed by atoms with E-state index in [4.69, 9.17) is 0 Å². The summed E-state index contributed by atoms with van der Waals surface area (Å²) in [5.74, 6) is 0.124. The molecule has 0 saturated heterocycles. The highest BCUT2D eigenvalue weighted by Crippen LogP contribution is 2.28. The van der Waals surface area contributed by atoms with E-state index in [1.807, 2.05) is 17.0 Å². The van der Waals surface area contributed by atoms with Crippen LogP contribution in [0.1, 0.15) is 38.3 Å². The molecule has 150 valence electrons. The molecule has 3 heteroatoms. The van der Waals surface area contributed by atoms with Crippen molar-refractivity contribution in [2.75, 3.05) is 6.54 Å². The molecule has 1 aromatic heterocycles. The first-order valence-corrected chi connectivity index (χ1v) is 10.6. The number of hydrogen-bond acceptors (Lipinski definition) is 1. The highest BCUT2D eigenvalue weighted by atomic mass is 16.2. The third kappa shape index (κ3) is 3.21. The number of fused-ring (bicyclic) bond motifs is 2. The predicted molar refractivity (Wildman–Crippen MR) is 122 cm³/mol. The Morgan fingerprint density at radius 2 is 1.63 bits per heavy atom. The number of nitrogens with zero attached hydrogens (tertiary/aromatic N) is 2. The Balaban J connectivity index is 1.47. The van der Waals surface area contributed by atoms with Gasteiger partial charge < -0.3 is 9.47 Å². The van der Waals surface area contributed by atoms with Crippen LogP contribution in [0.25, 0.3) is 10.9 Å². The highest BCUT2D eigenvalue weighted by Gasteiger charge is 2.22. The summed E-state index contributed by atoms with van der Waals surface area (Å²) in [6, 6.07) is 25.2. The summed E-state index contributed by atoms with van der Waals surface area (Å²) < 4.78 is 2.35. The molecule has 0 radical (unpaired) electrons. The average Bonchev–Trinajstić information content (AvgIpc) is 3.03. The Labute approximate surface area is 177 Å². The first kappa shape index (κ1) is 18.7. The molecule has 0 fully saturated rings. The lowest BCUT2D eigenvalue weighted by Crippen LogP contribution is -2.35. The quantitative estimate of drug-likeness (QED) is 0.450. The van der Waals surface area contributed by atoms with Gasteiger partial charge in [-0.15, -0.1) is 0 Å². The van der Waals surface area contributed by atoms with Gasteiger partial charge in [-0.3, -0.25) is 4.79 Å². The minimum Gasteiger partial charge on any atom is -0.340 e. The molecule has 0 spiro atoms. The largest absolute Gasteiger partial charge is 0.340 e. The Kier molecular flexibility index (Phi) is 4.66. The van der Waals surface area contributed by atoms with E-state index in [0.717, 1.165) is 25.1 Å². The molecular formula is C27H26N2O. The van der Waals surface area contributed by atoms with Crippen molar-refractivity contribution in [3.05, 3.63) is 106 Å². The second kappa shape index (κ2) is 7.49. The lowest BCUT2D eigenvalue weighted by molar-refractivity contribution is 0.0735. The van der Waals surface area contributed by atoms with Gasteiger partial charge in [-0.1, -0.05) is 54.6 Å². The van der Waals surface area contributed by atoms with Gasteiger partial charge in [0.15, 0.2) is 0 Å². The summed E-state index contributed by atoms with van der Waals surface area (Å²) >= 11 is 0. The first-order chi connectivity index (χ1) is 14.6. The van der Waals surface area contributed by atoms with Gasteiger partial charge in [-0.2, -0.15) is 0 Å². The van der Waals surface area contributed by atoms with Crippen LogP contribution >= 0.6 is 0 Å². The zero-order chi connectivity index (χ0) is 20.7. The van der Waals surface area contributed by atoms with Crippen LogP contribution in [0, 0.1) is 13.8 Å². The summed E-state index contributed by atoms with van der Waals surface area (Å²) in [7, 11) is 0. The minimum absolute atomic E-state index is 0.124. The van der Waals surface area contributed by atoms with Crippen molar-refractivity contribution in [1.82, 2.24) is 9.47 Å². The van der Waals surface area contributed by atoms with E-state index in [2.05, 4.69) is 79.1 Å². The lowest BCUT2D eigenvalue weighted by atomic mass is 9.99. The Hall–Kier alpha value is -3.33. The van der Waals surface area contributed by atoms with Crippen molar-refractivity contribution >= 4 is 16.8 Å². The molecular weight excluding hydrogens is 368 g/mol. The molecule has 0 aliphatic carbocycles. The first-order valence-electron chi connectivity index (χ1n) is 10.6. The van der Waals surface area contributed by atoms with Crippen molar-refractivity contribution in [1.29, 1.82) is 0 Å². The number of hydrogen-bond donors (Lipinski definition) is 0. The molecule has 5 rings (SSSR count). The molecule has 3 aromatic carbocycles. The van der Waals surface area contributed by atoms with Gasteiger partial charge in [0, 0.05) is 41.8 Å². The van der Waals surface area contributed by atoms with Crippen molar-refractivity contribution in [3.8, 4) is 0 Å². The molecule has 0 bridgehead atoms. The van der Waals surface area contributed by atoms with Gasteiger partial charge in [0.2, 0.25) is 0 Å². The van der Waals surface area contributed by atoms with Crippen LogP contribution in [0.3, 0.4) is 0 Å². The average molecular weight is 395 g/mol. The van der Waals surface area contributed by atoms with Gasteiger partial charge in [0.25, 0.3) is 5.91 Å². The molecule has 3 nitrogen and oxygen atoms in total. The van der Waals surface area contributed by atoms with E-state index in [9.17, 15) is 4.79 Å². The van der Waals surface area contributed by atoms with Gasteiger partial charge in [-0.25, -0.2) is 0 Å². The smallest absolute Gasteiger partial charge is 0.254 e. The fourth-order valence-electron chi connectivity index (χ4n) is 4.60. The summed E-state index contributed by atoms with van der Waals surface area (Å²) in [5.41, 5.74) is 8.38. The predicted octanol–water partition coefficient (Wildman–Crippen LogP) is 5.50. The summed E-state index contributed by atoms with van der Waals surface area (Å²) in [5, 5.41) is 1.17. The Morgan fingerprint density at radius 1 is 0.900 bits per heavy atom. The second-order valence-electron chi connectivity index (χ2n) is 8.26. The van der Waals surface area contributed by atoms with Crippen LogP contribution in [0.2, 0.25) is 0 Å². The number of rotatable bonds is 3. The third-order valence-electron chi connectivity index (χ3n) is 6.49. The molecule has 0 saturated carbocycles. The monoisotopic (exact) mass is 394 g/mol. The van der Waals surface area contributed by atoms with E-state index in [0.29, 0.717) is 6.54 Å². The van der Waals surface area contributed by atoms with E-state index < -0.39 is 0 Å². The van der Waals surface area contributed by atoms with Crippen molar-refractivity contribution in [3.63, 3.8) is 0 Å². The number of aromatic nitrogens is 1. The van der Waals surface area contributed by atoms with E-state index in [-0.39, 0.29) is 5.91 Å². The van der Waals surface area contributed by atoms with Crippen molar-refractivity contribution in [2.24, 2.45) is 0 Å². The normalized spacial score (nSPS) is 13.5. The molecule has 4 aromatic rings. The van der Waals surface area contributed by atoms with Crippen LogP contribution in [-0.4, -0.2) is 21.9 Å². The molecule has 1 aliphatic rings. The zero-order valence-corrected chi connectivity index (χ0v) is 17.6. The van der Waals surface area contributed by atoms with E-state index >= 15 is 0 Å². The Morgan fingerprint density at radius 3 is 2.43 bits per heavy atom. The number of amides is 1. The molecule has 0 unspecified atom stereocenters. The van der Waals surface area contributed by atoms with Gasteiger partial charge in [-0.05, 0) is 60.7 Å². The van der Waals surface area contributed by atoms with Crippen LogP contribution < -0.4 is 0 Å². The number of aryl methyl sites for hydroxylation is 1. The van der Waals surface area contributed by atoms with Crippen molar-refractivity contribution < 1.29 is 4.79 Å². The molecule has 0 N–H and O–H groups in total. The molecule has 30 heavy (non-hydrogen) atoms. The highest BCUT2D eigenvalue weighted by molar-refractivity contribution is 5.99. The summed E-state index contributed by atoms with van der Waals surface area (Å²) in [6.45, 7) is 6.64. The second-order valence-corrected chi connectivity index (χ2v) is 8.26. The van der Waals surface area contributed by atoms with Crippen molar-refractivity contribution in [2.45, 2.75) is 33.4 Å². The maximum Gasteiger partial charge on any atom is 0.254 e. The molecule has 1 aliphatic heterocycles. The van der Waals surface area contributed by atoms with Crippen LogP contribution in [0.5, 0.6) is 0 Å². The maximum absolute atomic E-state index is 13.3. The molecule has 1 amide bonds. The number of benzene rings is 3. The third-order valence-corrected chi connectivity index (χ3v) is 6.49. The van der Waals surface area contributed by atoms with Gasteiger partial charge in [0.05, 0.1) is 0 Å². The molecule has 0 atom stereocenters.